The Morgan fingerprint density at radius 3 is 2.57 bits per heavy atom. The van der Waals surface area contributed by atoms with Crippen LogP contribution in [0.2, 0.25) is 0 Å². The highest BCUT2D eigenvalue weighted by Gasteiger charge is 2.22. The first-order valence-electron chi connectivity index (χ1n) is 4.76. The van der Waals surface area contributed by atoms with Crippen molar-refractivity contribution >= 4 is 5.84 Å². The number of aliphatic hydroxyl groups is 1. The average Bonchev–Trinajstić information content (AvgIpc) is 2.15. The van der Waals surface area contributed by atoms with Gasteiger partial charge >= 0.3 is 0 Å². The van der Waals surface area contributed by atoms with Crippen LogP contribution in [0.3, 0.4) is 0 Å². The maximum Gasteiger partial charge on any atom is 0.144 e. The van der Waals surface area contributed by atoms with Crippen molar-refractivity contribution in [2.75, 3.05) is 13.2 Å². The van der Waals surface area contributed by atoms with E-state index in [1.807, 2.05) is 20.8 Å². The van der Waals surface area contributed by atoms with Crippen molar-refractivity contribution in [3.63, 3.8) is 0 Å². The van der Waals surface area contributed by atoms with Gasteiger partial charge in [-0.2, -0.15) is 0 Å². The van der Waals surface area contributed by atoms with E-state index >= 15 is 0 Å². The molecule has 0 aromatic rings. The Morgan fingerprint density at radius 1 is 1.57 bits per heavy atom. The molecular weight excluding hydrogens is 182 g/mol. The highest BCUT2D eigenvalue weighted by molar-refractivity contribution is 5.85. The number of nitrogens with one attached hydrogen (secondary N) is 1. The molecule has 0 saturated heterocycles. The summed E-state index contributed by atoms with van der Waals surface area (Å²) in [5.74, 6) is 0.232. The number of nitrogens with zero attached hydrogens (tertiary/aromatic N) is 1. The number of aliphatic hydroxyl groups excluding tert-OH is 1. The van der Waals surface area contributed by atoms with Crippen LogP contribution in [0.15, 0.2) is 5.16 Å². The molecule has 0 spiro atoms. The van der Waals surface area contributed by atoms with Crippen LogP contribution in [-0.4, -0.2) is 35.3 Å². The molecule has 0 bridgehead atoms. The SMILES string of the molecule is CC(CO)NCCC(C)(C)C(N)=NO. The van der Waals surface area contributed by atoms with E-state index in [2.05, 4.69) is 10.5 Å². The lowest BCUT2D eigenvalue weighted by molar-refractivity contribution is 0.247. The van der Waals surface area contributed by atoms with Crippen LogP contribution in [-0.2, 0) is 0 Å². The molecule has 0 aliphatic heterocycles. The first kappa shape index (κ1) is 13.2. The monoisotopic (exact) mass is 203 g/mol. The smallest absolute Gasteiger partial charge is 0.144 e. The number of nitrogens with two attached hydrogens (primary N) is 1. The maximum absolute atomic E-state index is 8.77. The van der Waals surface area contributed by atoms with E-state index in [-0.39, 0.29) is 23.9 Å². The van der Waals surface area contributed by atoms with Crippen molar-refractivity contribution in [3.8, 4) is 0 Å². The minimum absolute atomic E-state index is 0.0816. The van der Waals surface area contributed by atoms with Crippen LogP contribution >= 0.6 is 0 Å². The molecule has 1 unspecified atom stereocenters. The Balaban J connectivity index is 3.88. The van der Waals surface area contributed by atoms with Gasteiger partial charge in [0.05, 0.1) is 6.61 Å². The quantitative estimate of drug-likeness (QED) is 0.213. The van der Waals surface area contributed by atoms with Gasteiger partial charge in [0.1, 0.15) is 5.84 Å². The fraction of sp³-hybridized carbons (Fsp3) is 0.889. The zero-order valence-electron chi connectivity index (χ0n) is 9.12. The van der Waals surface area contributed by atoms with Crippen LogP contribution in [0.5, 0.6) is 0 Å². The molecular formula is C9H21N3O2. The summed E-state index contributed by atoms with van der Waals surface area (Å²) in [7, 11) is 0. The van der Waals surface area contributed by atoms with Gasteiger partial charge in [-0.1, -0.05) is 19.0 Å². The van der Waals surface area contributed by atoms with Crippen molar-refractivity contribution in [3.05, 3.63) is 0 Å². The van der Waals surface area contributed by atoms with Crippen LogP contribution in [0, 0.1) is 5.41 Å². The summed E-state index contributed by atoms with van der Waals surface area (Å²) in [4.78, 5) is 0. The first-order valence-corrected chi connectivity index (χ1v) is 4.76. The highest BCUT2D eigenvalue weighted by Crippen LogP contribution is 2.19. The standard InChI is InChI=1S/C9H21N3O2/c1-7(6-13)11-5-4-9(2,3)8(10)12-14/h7,11,13-14H,4-6H2,1-3H3,(H2,10,12). The number of oxime groups is 1. The van der Waals surface area contributed by atoms with Crippen molar-refractivity contribution < 1.29 is 10.3 Å². The maximum atomic E-state index is 8.77. The van der Waals surface area contributed by atoms with Gasteiger partial charge < -0.3 is 21.4 Å². The summed E-state index contributed by atoms with van der Waals surface area (Å²) in [6.07, 6.45) is 0.757. The molecule has 14 heavy (non-hydrogen) atoms. The first-order chi connectivity index (χ1) is 6.44. The molecule has 0 saturated carbocycles. The molecule has 5 heteroatoms. The normalized spacial score (nSPS) is 15.6. The molecule has 1 atom stereocenters. The summed E-state index contributed by atoms with van der Waals surface area (Å²) in [5, 5.41) is 23.4. The van der Waals surface area contributed by atoms with Gasteiger partial charge in [0.25, 0.3) is 0 Å². The number of hydrogen-bond donors (Lipinski definition) is 4. The number of rotatable bonds is 6. The second-order valence-electron chi connectivity index (χ2n) is 4.16. The molecule has 0 aromatic carbocycles. The Labute approximate surface area is 85.0 Å². The third-order valence-electron chi connectivity index (χ3n) is 2.32. The lowest BCUT2D eigenvalue weighted by Crippen LogP contribution is -2.37. The van der Waals surface area contributed by atoms with E-state index in [0.29, 0.717) is 0 Å². The lowest BCUT2D eigenvalue weighted by atomic mass is 9.88. The van der Waals surface area contributed by atoms with E-state index < -0.39 is 0 Å². The van der Waals surface area contributed by atoms with Crippen molar-refractivity contribution in [2.45, 2.75) is 33.2 Å². The summed E-state index contributed by atoms with van der Waals surface area (Å²) in [5.41, 5.74) is 5.20. The molecule has 0 aliphatic carbocycles. The molecule has 5 nitrogen and oxygen atoms in total. The number of hydrogen-bond acceptors (Lipinski definition) is 4. The van der Waals surface area contributed by atoms with E-state index in [1.165, 1.54) is 0 Å². The topological polar surface area (TPSA) is 90.9 Å². The predicted octanol–water partition coefficient (Wildman–Crippen LogP) is 0.120. The summed E-state index contributed by atoms with van der Waals surface area (Å²) in [6, 6.07) is 0.0816. The van der Waals surface area contributed by atoms with E-state index in [0.717, 1.165) is 13.0 Å². The average molecular weight is 203 g/mol. The summed E-state index contributed by atoms with van der Waals surface area (Å²) >= 11 is 0. The van der Waals surface area contributed by atoms with E-state index in [4.69, 9.17) is 16.0 Å². The highest BCUT2D eigenvalue weighted by atomic mass is 16.4. The third-order valence-corrected chi connectivity index (χ3v) is 2.32. The molecule has 5 N–H and O–H groups in total. The summed E-state index contributed by atoms with van der Waals surface area (Å²) in [6.45, 7) is 6.56. The van der Waals surface area contributed by atoms with Crippen LogP contribution in [0.1, 0.15) is 27.2 Å². The Morgan fingerprint density at radius 2 is 2.14 bits per heavy atom. The minimum Gasteiger partial charge on any atom is -0.409 e. The number of amidine groups is 1. The Hall–Kier alpha value is -0.810. The van der Waals surface area contributed by atoms with Crippen LogP contribution < -0.4 is 11.1 Å². The molecule has 0 heterocycles. The van der Waals surface area contributed by atoms with Gasteiger partial charge in [-0.25, -0.2) is 0 Å². The predicted molar refractivity (Wildman–Crippen MR) is 56.4 cm³/mol. The van der Waals surface area contributed by atoms with Gasteiger partial charge in [-0.15, -0.1) is 0 Å². The molecule has 0 amide bonds. The van der Waals surface area contributed by atoms with Gasteiger partial charge in [0.2, 0.25) is 0 Å². The van der Waals surface area contributed by atoms with Crippen LogP contribution in [0.25, 0.3) is 0 Å². The second kappa shape index (κ2) is 5.82. The molecule has 84 valence electrons. The molecule has 0 aliphatic rings. The third kappa shape index (κ3) is 4.43. The molecule has 0 aromatic heterocycles. The van der Waals surface area contributed by atoms with E-state index in [1.54, 1.807) is 0 Å². The van der Waals surface area contributed by atoms with Gasteiger partial charge in [0, 0.05) is 11.5 Å². The van der Waals surface area contributed by atoms with Crippen molar-refractivity contribution in [2.24, 2.45) is 16.3 Å². The lowest BCUT2D eigenvalue weighted by Gasteiger charge is -2.23. The second-order valence-corrected chi connectivity index (χ2v) is 4.16. The van der Waals surface area contributed by atoms with Gasteiger partial charge in [-0.05, 0) is 19.9 Å². The molecule has 0 radical (unpaired) electrons. The van der Waals surface area contributed by atoms with Crippen molar-refractivity contribution in [1.29, 1.82) is 0 Å². The van der Waals surface area contributed by atoms with Crippen molar-refractivity contribution in [1.82, 2.24) is 5.32 Å². The molecule has 0 fully saturated rings. The van der Waals surface area contributed by atoms with E-state index in [9.17, 15) is 0 Å². The Bertz CT molecular complexity index is 192. The summed E-state index contributed by atoms with van der Waals surface area (Å²) < 4.78 is 0. The fourth-order valence-corrected chi connectivity index (χ4v) is 0.959. The largest absolute Gasteiger partial charge is 0.409 e. The Kier molecular flexibility index (Phi) is 5.49. The fourth-order valence-electron chi connectivity index (χ4n) is 0.959. The zero-order chi connectivity index (χ0) is 11.2. The van der Waals surface area contributed by atoms with Gasteiger partial charge in [0.15, 0.2) is 0 Å². The zero-order valence-corrected chi connectivity index (χ0v) is 9.12. The molecule has 0 rings (SSSR count). The van der Waals surface area contributed by atoms with Crippen LogP contribution in [0.4, 0.5) is 0 Å². The van der Waals surface area contributed by atoms with Gasteiger partial charge in [-0.3, -0.25) is 0 Å². The minimum atomic E-state index is -0.322.